The first-order valence-electron chi connectivity index (χ1n) is 7.19. The van der Waals surface area contributed by atoms with Crippen molar-refractivity contribution in [3.05, 3.63) is 0 Å². The van der Waals surface area contributed by atoms with Crippen molar-refractivity contribution in [2.75, 3.05) is 6.54 Å². The summed E-state index contributed by atoms with van der Waals surface area (Å²) < 4.78 is 0. The highest BCUT2D eigenvalue weighted by molar-refractivity contribution is 5.79. The van der Waals surface area contributed by atoms with Crippen molar-refractivity contribution in [1.29, 1.82) is 0 Å². The van der Waals surface area contributed by atoms with Crippen molar-refractivity contribution < 1.29 is 14.7 Å². The molecular formula is C14H23NO3. The molecule has 18 heavy (non-hydrogen) atoms. The van der Waals surface area contributed by atoms with Gasteiger partial charge in [0, 0.05) is 12.5 Å². The molecule has 0 radical (unpaired) electrons. The van der Waals surface area contributed by atoms with Gasteiger partial charge in [-0.15, -0.1) is 0 Å². The van der Waals surface area contributed by atoms with E-state index in [0.29, 0.717) is 6.54 Å². The van der Waals surface area contributed by atoms with Crippen LogP contribution in [0.4, 0.5) is 0 Å². The molecule has 0 aromatic carbocycles. The maximum Gasteiger partial charge on any atom is 0.306 e. The van der Waals surface area contributed by atoms with Gasteiger partial charge in [0.25, 0.3) is 0 Å². The van der Waals surface area contributed by atoms with Crippen molar-refractivity contribution >= 4 is 11.9 Å². The molecule has 2 saturated carbocycles. The summed E-state index contributed by atoms with van der Waals surface area (Å²) in [5.74, 6) is -0.516. The summed E-state index contributed by atoms with van der Waals surface area (Å²) in [6.07, 6.45) is 8.09. The molecule has 102 valence electrons. The van der Waals surface area contributed by atoms with Crippen LogP contribution in [0.1, 0.15) is 51.4 Å². The van der Waals surface area contributed by atoms with Gasteiger partial charge in [-0.3, -0.25) is 9.59 Å². The molecule has 2 unspecified atom stereocenters. The van der Waals surface area contributed by atoms with Crippen LogP contribution in [0.3, 0.4) is 0 Å². The van der Waals surface area contributed by atoms with Gasteiger partial charge in [-0.25, -0.2) is 0 Å². The van der Waals surface area contributed by atoms with Crippen LogP contribution in [0.25, 0.3) is 0 Å². The molecule has 2 atom stereocenters. The molecule has 0 saturated heterocycles. The van der Waals surface area contributed by atoms with Crippen LogP contribution < -0.4 is 5.32 Å². The summed E-state index contributed by atoms with van der Waals surface area (Å²) in [5.41, 5.74) is 0. The first-order valence-corrected chi connectivity index (χ1v) is 7.19. The highest BCUT2D eigenvalue weighted by atomic mass is 16.4. The Morgan fingerprint density at radius 3 is 2.28 bits per heavy atom. The van der Waals surface area contributed by atoms with Gasteiger partial charge in [0.05, 0.1) is 5.92 Å². The van der Waals surface area contributed by atoms with E-state index in [4.69, 9.17) is 0 Å². The fourth-order valence-corrected chi connectivity index (χ4v) is 3.34. The van der Waals surface area contributed by atoms with Crippen LogP contribution in [0.5, 0.6) is 0 Å². The molecule has 0 heterocycles. The van der Waals surface area contributed by atoms with E-state index >= 15 is 0 Å². The fraction of sp³-hybridized carbons (Fsp3) is 0.857. The van der Waals surface area contributed by atoms with E-state index in [0.717, 1.165) is 51.4 Å². The third-order valence-corrected chi connectivity index (χ3v) is 4.49. The minimum Gasteiger partial charge on any atom is -0.481 e. The molecule has 2 rings (SSSR count). The highest BCUT2D eigenvalue weighted by Gasteiger charge is 2.31. The number of carbonyl (C=O) groups is 2. The third kappa shape index (κ3) is 3.24. The molecular weight excluding hydrogens is 230 g/mol. The van der Waals surface area contributed by atoms with Crippen molar-refractivity contribution in [2.24, 2.45) is 17.8 Å². The summed E-state index contributed by atoms with van der Waals surface area (Å²) in [6, 6.07) is 0. The van der Waals surface area contributed by atoms with Gasteiger partial charge in [0.2, 0.25) is 5.91 Å². The normalized spacial score (nSPS) is 29.1. The predicted molar refractivity (Wildman–Crippen MR) is 68.1 cm³/mol. The van der Waals surface area contributed by atoms with Crippen LogP contribution in [-0.2, 0) is 9.59 Å². The van der Waals surface area contributed by atoms with Gasteiger partial charge in [0.15, 0.2) is 0 Å². The Labute approximate surface area is 108 Å². The number of carbonyl (C=O) groups excluding carboxylic acids is 1. The van der Waals surface area contributed by atoms with Crippen LogP contribution >= 0.6 is 0 Å². The Bertz CT molecular complexity index is 310. The number of carboxylic acids is 1. The van der Waals surface area contributed by atoms with Crippen LogP contribution in [-0.4, -0.2) is 23.5 Å². The second kappa shape index (κ2) is 6.21. The molecule has 0 aromatic rings. The monoisotopic (exact) mass is 253 g/mol. The van der Waals surface area contributed by atoms with E-state index in [9.17, 15) is 14.7 Å². The first-order chi connectivity index (χ1) is 8.68. The number of hydrogen-bond donors (Lipinski definition) is 2. The maximum atomic E-state index is 11.9. The molecule has 0 aromatic heterocycles. The second-order valence-corrected chi connectivity index (χ2v) is 5.72. The largest absolute Gasteiger partial charge is 0.481 e. The standard InChI is InChI=1S/C14H23NO3/c16-13(10-5-1-2-6-10)15-9-11-7-3-4-8-12(11)14(17)18/h10-12H,1-9H2,(H,15,16)(H,17,18). The lowest BCUT2D eigenvalue weighted by Crippen LogP contribution is -2.39. The van der Waals surface area contributed by atoms with Gasteiger partial charge in [-0.1, -0.05) is 25.7 Å². The number of hydrogen-bond acceptors (Lipinski definition) is 2. The molecule has 1 amide bonds. The summed E-state index contributed by atoms with van der Waals surface area (Å²) in [5, 5.41) is 12.1. The number of nitrogens with one attached hydrogen (secondary N) is 1. The van der Waals surface area contributed by atoms with E-state index in [1.807, 2.05) is 0 Å². The first kappa shape index (κ1) is 13.4. The number of aliphatic carboxylic acids is 1. The van der Waals surface area contributed by atoms with Gasteiger partial charge in [-0.2, -0.15) is 0 Å². The minimum absolute atomic E-state index is 0.126. The molecule has 0 spiro atoms. The molecule has 4 heteroatoms. The lowest BCUT2D eigenvalue weighted by Gasteiger charge is -2.28. The second-order valence-electron chi connectivity index (χ2n) is 5.72. The Morgan fingerprint density at radius 1 is 1.00 bits per heavy atom. The summed E-state index contributed by atoms with van der Waals surface area (Å²) in [6.45, 7) is 0.548. The van der Waals surface area contributed by atoms with E-state index < -0.39 is 5.97 Å². The van der Waals surface area contributed by atoms with E-state index in [2.05, 4.69) is 5.32 Å². The third-order valence-electron chi connectivity index (χ3n) is 4.49. The van der Waals surface area contributed by atoms with Crippen molar-refractivity contribution in [3.63, 3.8) is 0 Å². The Balaban J connectivity index is 1.80. The Hall–Kier alpha value is -1.06. The minimum atomic E-state index is -0.699. The SMILES string of the molecule is O=C(NCC1CCCCC1C(=O)O)C1CCCC1. The molecule has 0 bridgehead atoms. The van der Waals surface area contributed by atoms with E-state index in [1.54, 1.807) is 0 Å². The molecule has 2 aliphatic carbocycles. The molecule has 2 aliphatic rings. The lowest BCUT2D eigenvalue weighted by atomic mass is 9.79. The van der Waals surface area contributed by atoms with Gasteiger partial charge in [-0.05, 0) is 31.6 Å². The summed E-state index contributed by atoms with van der Waals surface area (Å²) in [7, 11) is 0. The topological polar surface area (TPSA) is 66.4 Å². The van der Waals surface area contributed by atoms with Crippen LogP contribution in [0.2, 0.25) is 0 Å². The number of rotatable bonds is 4. The summed E-state index contributed by atoms with van der Waals surface area (Å²) >= 11 is 0. The average molecular weight is 253 g/mol. The number of carboxylic acid groups (broad SMARTS) is 1. The zero-order valence-electron chi connectivity index (χ0n) is 10.9. The van der Waals surface area contributed by atoms with Crippen molar-refractivity contribution in [3.8, 4) is 0 Å². The average Bonchev–Trinajstić information content (AvgIpc) is 2.90. The predicted octanol–water partition coefficient (Wildman–Crippen LogP) is 2.18. The van der Waals surface area contributed by atoms with Crippen molar-refractivity contribution in [1.82, 2.24) is 5.32 Å². The zero-order chi connectivity index (χ0) is 13.0. The smallest absolute Gasteiger partial charge is 0.306 e. The zero-order valence-corrected chi connectivity index (χ0v) is 10.9. The van der Waals surface area contributed by atoms with Crippen molar-refractivity contribution in [2.45, 2.75) is 51.4 Å². The maximum absolute atomic E-state index is 11.9. The lowest BCUT2D eigenvalue weighted by molar-refractivity contribution is -0.145. The fourth-order valence-electron chi connectivity index (χ4n) is 3.34. The summed E-state index contributed by atoms with van der Waals surface area (Å²) in [4.78, 5) is 23.1. The quantitative estimate of drug-likeness (QED) is 0.807. The molecule has 2 fully saturated rings. The molecule has 0 aliphatic heterocycles. The van der Waals surface area contributed by atoms with E-state index in [1.165, 1.54) is 0 Å². The Morgan fingerprint density at radius 2 is 1.61 bits per heavy atom. The molecule has 2 N–H and O–H groups in total. The van der Waals surface area contributed by atoms with Gasteiger partial charge in [0.1, 0.15) is 0 Å². The van der Waals surface area contributed by atoms with Gasteiger partial charge < -0.3 is 10.4 Å². The van der Waals surface area contributed by atoms with Crippen LogP contribution in [0, 0.1) is 17.8 Å². The van der Waals surface area contributed by atoms with Gasteiger partial charge >= 0.3 is 5.97 Å². The molecule has 4 nitrogen and oxygen atoms in total. The van der Waals surface area contributed by atoms with E-state index in [-0.39, 0.29) is 23.7 Å². The number of amides is 1. The Kier molecular flexibility index (Phi) is 4.61. The van der Waals surface area contributed by atoms with Crippen LogP contribution in [0.15, 0.2) is 0 Å². The highest BCUT2D eigenvalue weighted by Crippen LogP contribution is 2.30.